The molecular formula is C19H27ClIN5O2. The van der Waals surface area contributed by atoms with Crippen LogP contribution in [0.3, 0.4) is 0 Å². The summed E-state index contributed by atoms with van der Waals surface area (Å²) in [5.41, 5.74) is 0.817. The van der Waals surface area contributed by atoms with Crippen molar-refractivity contribution in [2.24, 2.45) is 10.9 Å². The van der Waals surface area contributed by atoms with Crippen molar-refractivity contribution >= 4 is 41.5 Å². The molecule has 7 nitrogen and oxygen atoms in total. The zero-order valence-corrected chi connectivity index (χ0v) is 19.1. The van der Waals surface area contributed by atoms with E-state index < -0.39 is 0 Å². The van der Waals surface area contributed by atoms with Crippen molar-refractivity contribution in [3.8, 4) is 11.4 Å². The van der Waals surface area contributed by atoms with Crippen molar-refractivity contribution in [3.63, 3.8) is 0 Å². The molecule has 0 aliphatic heterocycles. The minimum Gasteiger partial charge on any atom is -0.381 e. The molecule has 2 aromatic rings. The fourth-order valence-electron chi connectivity index (χ4n) is 2.47. The van der Waals surface area contributed by atoms with E-state index in [4.69, 9.17) is 20.9 Å². The van der Waals surface area contributed by atoms with Crippen LogP contribution in [-0.4, -0.2) is 42.4 Å². The number of aromatic nitrogens is 2. The maximum Gasteiger partial charge on any atom is 0.248 e. The number of nitrogens with one attached hydrogen (secondary N) is 2. The molecule has 0 amide bonds. The molecule has 0 atom stereocenters. The van der Waals surface area contributed by atoms with E-state index in [1.54, 1.807) is 6.07 Å². The summed E-state index contributed by atoms with van der Waals surface area (Å²) in [6.07, 6.45) is 3.59. The van der Waals surface area contributed by atoms with Crippen molar-refractivity contribution in [1.29, 1.82) is 0 Å². The van der Waals surface area contributed by atoms with Gasteiger partial charge in [0.2, 0.25) is 11.7 Å². The molecule has 1 aliphatic carbocycles. The molecule has 0 bridgehead atoms. The molecule has 3 rings (SSSR count). The highest BCUT2D eigenvalue weighted by Crippen LogP contribution is 2.28. The number of benzene rings is 1. The van der Waals surface area contributed by atoms with Gasteiger partial charge >= 0.3 is 0 Å². The van der Waals surface area contributed by atoms with Crippen LogP contribution in [0.1, 0.15) is 32.1 Å². The van der Waals surface area contributed by atoms with Gasteiger partial charge in [0.05, 0.1) is 0 Å². The number of aliphatic imine (C=N–C) groups is 1. The van der Waals surface area contributed by atoms with Gasteiger partial charge in [-0.1, -0.05) is 28.9 Å². The molecule has 154 valence electrons. The number of guanidine groups is 1. The van der Waals surface area contributed by atoms with Gasteiger partial charge in [-0.25, -0.2) is 4.99 Å². The number of halogens is 2. The predicted molar refractivity (Wildman–Crippen MR) is 121 cm³/mol. The van der Waals surface area contributed by atoms with Gasteiger partial charge < -0.3 is 19.9 Å². The molecule has 0 unspecified atom stereocenters. The first-order valence-corrected chi connectivity index (χ1v) is 9.81. The highest BCUT2D eigenvalue weighted by atomic mass is 127. The van der Waals surface area contributed by atoms with Gasteiger partial charge in [-0.2, -0.15) is 4.98 Å². The summed E-state index contributed by atoms with van der Waals surface area (Å²) >= 11 is 6.00. The fourth-order valence-corrected chi connectivity index (χ4v) is 2.66. The molecule has 0 spiro atoms. The number of ether oxygens (including phenoxy) is 1. The van der Waals surface area contributed by atoms with Gasteiger partial charge in [-0.3, -0.25) is 0 Å². The van der Waals surface area contributed by atoms with Crippen LogP contribution in [0.4, 0.5) is 0 Å². The summed E-state index contributed by atoms with van der Waals surface area (Å²) in [6, 6.07) is 7.35. The van der Waals surface area contributed by atoms with E-state index in [2.05, 4.69) is 25.8 Å². The van der Waals surface area contributed by atoms with E-state index in [1.165, 1.54) is 12.8 Å². The van der Waals surface area contributed by atoms with E-state index in [9.17, 15) is 0 Å². The van der Waals surface area contributed by atoms with Gasteiger partial charge in [-0.05, 0) is 44.2 Å². The molecule has 28 heavy (non-hydrogen) atoms. The third kappa shape index (κ3) is 7.92. The first-order chi connectivity index (χ1) is 13.2. The standard InChI is InChI=1S/C19H26ClN5O2.HI/c1-2-21-19(22-9-4-10-26-13-14-7-8-14)23-12-17-24-18(25-27-17)15-5-3-6-16(20)11-15;/h3,5-6,11,14H,2,4,7-10,12-13H2,1H3,(H2,21,22,23);1H. The van der Waals surface area contributed by atoms with Gasteiger partial charge in [0.25, 0.3) is 0 Å². The lowest BCUT2D eigenvalue weighted by Crippen LogP contribution is -2.38. The maximum atomic E-state index is 6.00. The zero-order valence-electron chi connectivity index (χ0n) is 16.0. The molecule has 0 saturated heterocycles. The van der Waals surface area contributed by atoms with Crippen LogP contribution >= 0.6 is 35.6 Å². The summed E-state index contributed by atoms with van der Waals surface area (Å²) in [5, 5.41) is 11.1. The molecule has 2 N–H and O–H groups in total. The first kappa shape index (κ1) is 22.9. The Morgan fingerprint density at radius 1 is 1.36 bits per heavy atom. The van der Waals surface area contributed by atoms with E-state index in [1.807, 2.05) is 25.1 Å². The minimum absolute atomic E-state index is 0. The SMILES string of the molecule is CCNC(=NCc1nc(-c2cccc(Cl)c2)no1)NCCCOCC1CC1.I. The molecule has 1 aromatic carbocycles. The Hall–Kier alpha value is -1.39. The fraction of sp³-hybridized carbons (Fsp3) is 0.526. The monoisotopic (exact) mass is 519 g/mol. The Morgan fingerprint density at radius 2 is 2.21 bits per heavy atom. The van der Waals surface area contributed by atoms with Crippen LogP contribution in [-0.2, 0) is 11.3 Å². The van der Waals surface area contributed by atoms with Crippen LogP contribution in [0.15, 0.2) is 33.8 Å². The highest BCUT2D eigenvalue weighted by molar-refractivity contribution is 14.0. The lowest BCUT2D eigenvalue weighted by Gasteiger charge is -2.10. The minimum atomic E-state index is 0. The third-order valence-electron chi connectivity index (χ3n) is 4.08. The van der Waals surface area contributed by atoms with E-state index in [-0.39, 0.29) is 24.0 Å². The van der Waals surface area contributed by atoms with Crippen LogP contribution in [0.5, 0.6) is 0 Å². The molecule has 1 saturated carbocycles. The van der Waals surface area contributed by atoms with Crippen LogP contribution in [0.2, 0.25) is 5.02 Å². The van der Waals surface area contributed by atoms with Crippen LogP contribution in [0, 0.1) is 5.92 Å². The first-order valence-electron chi connectivity index (χ1n) is 9.43. The topological polar surface area (TPSA) is 84.6 Å². The summed E-state index contributed by atoms with van der Waals surface area (Å²) in [6.45, 7) is 5.59. The second-order valence-electron chi connectivity index (χ2n) is 6.52. The average molecular weight is 520 g/mol. The van der Waals surface area contributed by atoms with E-state index in [0.717, 1.165) is 50.2 Å². The molecular weight excluding hydrogens is 493 g/mol. The van der Waals surface area contributed by atoms with Crippen molar-refractivity contribution < 1.29 is 9.26 Å². The Bertz CT molecular complexity index is 751. The number of hydrogen-bond donors (Lipinski definition) is 2. The normalized spacial score (nSPS) is 13.9. The van der Waals surface area contributed by atoms with Crippen molar-refractivity contribution in [1.82, 2.24) is 20.8 Å². The number of nitrogens with zero attached hydrogens (tertiary/aromatic N) is 3. The quantitative estimate of drug-likeness (QED) is 0.215. The van der Waals surface area contributed by atoms with Gasteiger partial charge in [0.15, 0.2) is 5.96 Å². The molecule has 1 aromatic heterocycles. The molecule has 1 aliphatic rings. The lowest BCUT2D eigenvalue weighted by molar-refractivity contribution is 0.123. The Kier molecular flexibility index (Phi) is 10.0. The Labute approximate surface area is 187 Å². The molecule has 1 fully saturated rings. The number of hydrogen-bond acceptors (Lipinski definition) is 5. The van der Waals surface area contributed by atoms with Crippen molar-refractivity contribution in [3.05, 3.63) is 35.2 Å². The van der Waals surface area contributed by atoms with Gasteiger partial charge in [-0.15, -0.1) is 24.0 Å². The molecule has 0 radical (unpaired) electrons. The number of rotatable bonds is 10. The van der Waals surface area contributed by atoms with Crippen molar-refractivity contribution in [2.45, 2.75) is 32.7 Å². The van der Waals surface area contributed by atoms with Gasteiger partial charge in [0, 0.05) is 36.9 Å². The molecule has 1 heterocycles. The van der Waals surface area contributed by atoms with Crippen LogP contribution < -0.4 is 10.6 Å². The summed E-state index contributed by atoms with van der Waals surface area (Å²) in [5.74, 6) is 2.49. The predicted octanol–water partition coefficient (Wildman–Crippen LogP) is 3.88. The van der Waals surface area contributed by atoms with E-state index in [0.29, 0.717) is 23.3 Å². The Morgan fingerprint density at radius 3 is 2.96 bits per heavy atom. The third-order valence-corrected chi connectivity index (χ3v) is 4.31. The second-order valence-corrected chi connectivity index (χ2v) is 6.95. The summed E-state index contributed by atoms with van der Waals surface area (Å²) in [4.78, 5) is 8.87. The maximum absolute atomic E-state index is 6.00. The van der Waals surface area contributed by atoms with Crippen molar-refractivity contribution in [2.75, 3.05) is 26.3 Å². The zero-order chi connectivity index (χ0) is 18.9. The largest absolute Gasteiger partial charge is 0.381 e. The Balaban J connectivity index is 0.00000280. The summed E-state index contributed by atoms with van der Waals surface area (Å²) in [7, 11) is 0. The second kappa shape index (κ2) is 12.2. The smallest absolute Gasteiger partial charge is 0.248 e. The van der Waals surface area contributed by atoms with E-state index >= 15 is 0 Å². The average Bonchev–Trinajstić information content (AvgIpc) is 3.37. The van der Waals surface area contributed by atoms with Gasteiger partial charge in [0.1, 0.15) is 6.54 Å². The molecule has 9 heteroatoms. The highest BCUT2D eigenvalue weighted by Gasteiger charge is 2.20. The lowest BCUT2D eigenvalue weighted by atomic mass is 10.2. The summed E-state index contributed by atoms with van der Waals surface area (Å²) < 4.78 is 10.9. The van der Waals surface area contributed by atoms with Crippen LogP contribution in [0.25, 0.3) is 11.4 Å².